The molecular formula is C17H34N4O2S. The zero-order valence-corrected chi connectivity index (χ0v) is 16.8. The maximum atomic E-state index is 12.0. The molecule has 0 aromatic rings. The van der Waals surface area contributed by atoms with E-state index in [1.54, 1.807) is 7.05 Å². The van der Waals surface area contributed by atoms with E-state index in [0.29, 0.717) is 12.6 Å². The zero-order chi connectivity index (χ0) is 18.2. The Hall–Kier alpha value is -1.11. The van der Waals surface area contributed by atoms with E-state index in [1.807, 2.05) is 32.5 Å². The van der Waals surface area contributed by atoms with Gasteiger partial charge in [-0.25, -0.2) is 4.79 Å². The fourth-order valence-corrected chi connectivity index (χ4v) is 3.43. The minimum Gasteiger partial charge on any atom is -0.444 e. The van der Waals surface area contributed by atoms with Gasteiger partial charge >= 0.3 is 6.09 Å². The minimum absolute atomic E-state index is 0.0286. The number of hydrogen-bond donors (Lipinski definition) is 3. The number of ether oxygens (including phenoxy) is 1. The van der Waals surface area contributed by atoms with Crippen LogP contribution in [0.3, 0.4) is 0 Å². The van der Waals surface area contributed by atoms with Gasteiger partial charge in [0.25, 0.3) is 0 Å². The molecule has 1 aliphatic heterocycles. The second kappa shape index (κ2) is 10.0. The molecule has 1 aliphatic rings. The number of alkyl carbamates (subject to hydrolysis) is 1. The molecule has 6 nitrogen and oxygen atoms in total. The van der Waals surface area contributed by atoms with Crippen LogP contribution < -0.4 is 16.0 Å². The topological polar surface area (TPSA) is 74.8 Å². The summed E-state index contributed by atoms with van der Waals surface area (Å²) in [6.45, 7) is 10.4. The van der Waals surface area contributed by atoms with Crippen LogP contribution in [0.15, 0.2) is 4.99 Å². The highest BCUT2D eigenvalue weighted by molar-refractivity contribution is 7.99. The Morgan fingerprint density at radius 3 is 2.58 bits per heavy atom. The van der Waals surface area contributed by atoms with Crippen LogP contribution in [-0.2, 0) is 4.74 Å². The number of amides is 1. The first-order chi connectivity index (χ1) is 11.2. The molecule has 1 fully saturated rings. The standard InChI is InChI=1S/C17H34N4O2S/c1-12(2)14(21-16(22)23-17(3,4)5)10-19-15(18-6)20-13-8-7-9-24-11-13/h12-14H,7-11H2,1-6H3,(H,21,22)(H2,18,19,20). The zero-order valence-electron chi connectivity index (χ0n) is 15.9. The fourth-order valence-electron chi connectivity index (χ4n) is 2.36. The lowest BCUT2D eigenvalue weighted by Crippen LogP contribution is -2.52. The maximum Gasteiger partial charge on any atom is 0.407 e. The molecule has 0 aromatic carbocycles. The predicted octanol–water partition coefficient (Wildman–Crippen LogP) is 2.60. The Morgan fingerprint density at radius 2 is 2.08 bits per heavy atom. The van der Waals surface area contributed by atoms with E-state index in [-0.39, 0.29) is 18.1 Å². The van der Waals surface area contributed by atoms with E-state index < -0.39 is 5.60 Å². The third-order valence-electron chi connectivity index (χ3n) is 3.72. The summed E-state index contributed by atoms with van der Waals surface area (Å²) in [6, 6.07) is 0.436. The molecule has 0 saturated carbocycles. The van der Waals surface area contributed by atoms with Gasteiger partial charge in [0.15, 0.2) is 5.96 Å². The molecule has 0 aliphatic carbocycles. The van der Waals surface area contributed by atoms with E-state index in [4.69, 9.17) is 4.74 Å². The number of guanidine groups is 1. The Bertz CT molecular complexity index is 415. The van der Waals surface area contributed by atoms with Crippen LogP contribution in [-0.4, -0.2) is 54.8 Å². The number of carbonyl (C=O) groups excluding carboxylic acids is 1. The Morgan fingerprint density at radius 1 is 1.38 bits per heavy atom. The molecule has 24 heavy (non-hydrogen) atoms. The first-order valence-electron chi connectivity index (χ1n) is 8.75. The van der Waals surface area contributed by atoms with Crippen LogP contribution >= 0.6 is 11.8 Å². The molecule has 3 N–H and O–H groups in total. The second-order valence-corrected chi connectivity index (χ2v) is 8.66. The van der Waals surface area contributed by atoms with Gasteiger partial charge in [0.1, 0.15) is 5.60 Å². The van der Waals surface area contributed by atoms with Gasteiger partial charge in [0.05, 0.1) is 6.04 Å². The van der Waals surface area contributed by atoms with Crippen molar-refractivity contribution in [2.24, 2.45) is 10.9 Å². The van der Waals surface area contributed by atoms with Crippen LogP contribution in [0.4, 0.5) is 4.79 Å². The van der Waals surface area contributed by atoms with Crippen LogP contribution in [0.5, 0.6) is 0 Å². The van der Waals surface area contributed by atoms with Crippen molar-refractivity contribution in [1.29, 1.82) is 0 Å². The summed E-state index contributed by atoms with van der Waals surface area (Å²) in [7, 11) is 1.77. The van der Waals surface area contributed by atoms with Crippen molar-refractivity contribution in [2.45, 2.75) is 65.1 Å². The average Bonchev–Trinajstić information content (AvgIpc) is 2.48. The fraction of sp³-hybridized carbons (Fsp3) is 0.882. The molecule has 1 amide bonds. The smallest absolute Gasteiger partial charge is 0.407 e. The largest absolute Gasteiger partial charge is 0.444 e. The Labute approximate surface area is 151 Å². The monoisotopic (exact) mass is 358 g/mol. The molecule has 1 saturated heterocycles. The second-order valence-electron chi connectivity index (χ2n) is 7.51. The summed E-state index contributed by atoms with van der Waals surface area (Å²) >= 11 is 1.98. The highest BCUT2D eigenvalue weighted by Crippen LogP contribution is 2.16. The van der Waals surface area contributed by atoms with Gasteiger partial charge in [-0.3, -0.25) is 4.99 Å². The lowest BCUT2D eigenvalue weighted by Gasteiger charge is -2.28. The van der Waals surface area contributed by atoms with E-state index in [0.717, 1.165) is 11.7 Å². The van der Waals surface area contributed by atoms with Crippen LogP contribution in [0, 0.1) is 5.92 Å². The number of carbonyl (C=O) groups is 1. The molecule has 2 atom stereocenters. The van der Waals surface area contributed by atoms with Gasteiger partial charge in [-0.2, -0.15) is 11.8 Å². The Balaban J connectivity index is 2.47. The summed E-state index contributed by atoms with van der Waals surface area (Å²) in [5.41, 5.74) is -0.491. The lowest BCUT2D eigenvalue weighted by molar-refractivity contribution is 0.0491. The van der Waals surface area contributed by atoms with Crippen LogP contribution in [0.2, 0.25) is 0 Å². The SMILES string of the molecule is CN=C(NCC(NC(=O)OC(C)(C)C)C(C)C)NC1CCCSC1. The number of nitrogens with one attached hydrogen (secondary N) is 3. The van der Waals surface area contributed by atoms with Crippen molar-refractivity contribution in [3.63, 3.8) is 0 Å². The summed E-state index contributed by atoms with van der Waals surface area (Å²) < 4.78 is 5.35. The Kier molecular flexibility index (Phi) is 8.73. The molecule has 1 heterocycles. The quantitative estimate of drug-likeness (QED) is 0.520. The van der Waals surface area contributed by atoms with E-state index in [1.165, 1.54) is 18.6 Å². The normalized spacial score (nSPS) is 20.5. The van der Waals surface area contributed by atoms with E-state index in [2.05, 4.69) is 34.8 Å². The molecule has 0 radical (unpaired) electrons. The van der Waals surface area contributed by atoms with Crippen molar-refractivity contribution in [1.82, 2.24) is 16.0 Å². The molecule has 1 rings (SSSR count). The average molecular weight is 359 g/mol. The first-order valence-corrected chi connectivity index (χ1v) is 9.91. The number of aliphatic imine (C=N–C) groups is 1. The summed E-state index contributed by atoms with van der Waals surface area (Å²) in [6.07, 6.45) is 2.04. The number of hydrogen-bond acceptors (Lipinski definition) is 4. The molecule has 7 heteroatoms. The molecule has 0 aromatic heterocycles. The van der Waals surface area contributed by atoms with Crippen molar-refractivity contribution in [2.75, 3.05) is 25.1 Å². The number of thioether (sulfide) groups is 1. The van der Waals surface area contributed by atoms with Gasteiger partial charge in [-0.15, -0.1) is 0 Å². The molecule has 2 unspecified atom stereocenters. The molecule has 0 spiro atoms. The van der Waals surface area contributed by atoms with Gasteiger partial charge < -0.3 is 20.7 Å². The summed E-state index contributed by atoms with van der Waals surface area (Å²) in [4.78, 5) is 16.3. The van der Waals surface area contributed by atoms with Crippen molar-refractivity contribution in [3.05, 3.63) is 0 Å². The highest BCUT2D eigenvalue weighted by Gasteiger charge is 2.22. The molecule has 0 bridgehead atoms. The third-order valence-corrected chi connectivity index (χ3v) is 4.94. The first kappa shape index (κ1) is 20.9. The third kappa shape index (κ3) is 8.66. The van der Waals surface area contributed by atoms with Crippen molar-refractivity contribution < 1.29 is 9.53 Å². The van der Waals surface area contributed by atoms with Crippen LogP contribution in [0.1, 0.15) is 47.5 Å². The number of nitrogens with zero attached hydrogens (tertiary/aromatic N) is 1. The lowest BCUT2D eigenvalue weighted by atomic mass is 10.0. The van der Waals surface area contributed by atoms with Crippen LogP contribution in [0.25, 0.3) is 0 Å². The predicted molar refractivity (Wildman–Crippen MR) is 103 cm³/mol. The van der Waals surface area contributed by atoms with Gasteiger partial charge in [-0.05, 0) is 45.3 Å². The maximum absolute atomic E-state index is 12.0. The van der Waals surface area contributed by atoms with Gasteiger partial charge in [-0.1, -0.05) is 13.8 Å². The highest BCUT2D eigenvalue weighted by atomic mass is 32.2. The van der Waals surface area contributed by atoms with E-state index in [9.17, 15) is 4.79 Å². The van der Waals surface area contributed by atoms with E-state index >= 15 is 0 Å². The summed E-state index contributed by atoms with van der Waals surface area (Å²) in [5, 5.41) is 9.74. The number of rotatable bonds is 5. The van der Waals surface area contributed by atoms with Crippen molar-refractivity contribution in [3.8, 4) is 0 Å². The summed E-state index contributed by atoms with van der Waals surface area (Å²) in [5.74, 6) is 3.44. The molecular weight excluding hydrogens is 324 g/mol. The van der Waals surface area contributed by atoms with Gasteiger partial charge in [0, 0.05) is 25.4 Å². The van der Waals surface area contributed by atoms with Gasteiger partial charge in [0.2, 0.25) is 0 Å². The minimum atomic E-state index is -0.491. The van der Waals surface area contributed by atoms with Crippen molar-refractivity contribution >= 4 is 23.8 Å². The molecule has 140 valence electrons.